The highest BCUT2D eigenvalue weighted by molar-refractivity contribution is 6.46. The third-order valence-electron chi connectivity index (χ3n) is 4.93. The number of ketones is 1. The molecule has 0 aliphatic carbocycles. The van der Waals surface area contributed by atoms with Crippen molar-refractivity contribution >= 4 is 29.1 Å². The van der Waals surface area contributed by atoms with Crippen LogP contribution in [0.25, 0.3) is 5.76 Å². The maximum Gasteiger partial charge on any atom is 0.295 e. The number of ether oxygens (including phenoxy) is 1. The normalized spacial score (nSPS) is 18.3. The van der Waals surface area contributed by atoms with Gasteiger partial charge in [0.15, 0.2) is 0 Å². The van der Waals surface area contributed by atoms with Gasteiger partial charge in [-0.15, -0.1) is 0 Å². The van der Waals surface area contributed by atoms with Gasteiger partial charge in [0, 0.05) is 23.7 Å². The number of likely N-dealkylation sites (tertiary alicyclic amines) is 1. The number of carbonyl (C=O) groups is 2. The van der Waals surface area contributed by atoms with Gasteiger partial charge in [-0.2, -0.15) is 0 Å². The van der Waals surface area contributed by atoms with Gasteiger partial charge < -0.3 is 19.6 Å². The number of halogens is 1. The average Bonchev–Trinajstić information content (AvgIpc) is 2.97. The van der Waals surface area contributed by atoms with Gasteiger partial charge >= 0.3 is 0 Å². The maximum absolute atomic E-state index is 13.0. The topological polar surface area (TPSA) is 70.1 Å². The summed E-state index contributed by atoms with van der Waals surface area (Å²) in [6.45, 7) is 3.31. The number of carbonyl (C=O) groups excluding carboxylic acids is 2. The molecular weight excluding hydrogens is 404 g/mol. The van der Waals surface area contributed by atoms with Crippen molar-refractivity contribution in [1.29, 1.82) is 0 Å². The average molecular weight is 429 g/mol. The highest BCUT2D eigenvalue weighted by Crippen LogP contribution is 2.40. The Bertz CT molecular complexity index is 969. The summed E-state index contributed by atoms with van der Waals surface area (Å²) in [5.74, 6) is -0.906. The first-order chi connectivity index (χ1) is 14.3. The van der Waals surface area contributed by atoms with Crippen molar-refractivity contribution in [3.8, 4) is 5.75 Å². The molecule has 0 spiro atoms. The molecule has 0 bridgehead atoms. The van der Waals surface area contributed by atoms with E-state index < -0.39 is 17.7 Å². The number of aliphatic hydroxyl groups is 1. The van der Waals surface area contributed by atoms with E-state index in [0.717, 1.165) is 0 Å². The van der Waals surface area contributed by atoms with Crippen LogP contribution >= 0.6 is 11.6 Å². The largest absolute Gasteiger partial charge is 0.507 e. The summed E-state index contributed by atoms with van der Waals surface area (Å²) < 4.78 is 5.60. The first-order valence-electron chi connectivity index (χ1n) is 9.75. The van der Waals surface area contributed by atoms with Crippen LogP contribution in [0.4, 0.5) is 0 Å². The highest BCUT2D eigenvalue weighted by Gasteiger charge is 2.46. The van der Waals surface area contributed by atoms with Gasteiger partial charge in [-0.1, -0.05) is 23.7 Å². The van der Waals surface area contributed by atoms with Crippen molar-refractivity contribution < 1.29 is 19.4 Å². The predicted octanol–water partition coefficient (Wildman–Crippen LogP) is 3.72. The van der Waals surface area contributed by atoms with Gasteiger partial charge in [0.25, 0.3) is 11.7 Å². The van der Waals surface area contributed by atoms with E-state index in [-0.39, 0.29) is 11.3 Å². The first kappa shape index (κ1) is 21.9. The van der Waals surface area contributed by atoms with E-state index >= 15 is 0 Å². The third kappa shape index (κ3) is 4.50. The lowest BCUT2D eigenvalue weighted by Crippen LogP contribution is -2.35. The van der Waals surface area contributed by atoms with E-state index in [2.05, 4.69) is 0 Å². The molecule has 0 radical (unpaired) electrons. The molecule has 1 unspecified atom stereocenters. The van der Waals surface area contributed by atoms with E-state index in [1.165, 1.54) is 4.90 Å². The van der Waals surface area contributed by atoms with Gasteiger partial charge in [0.2, 0.25) is 0 Å². The second-order valence-electron chi connectivity index (χ2n) is 7.31. The quantitative estimate of drug-likeness (QED) is 0.413. The minimum Gasteiger partial charge on any atom is -0.507 e. The van der Waals surface area contributed by atoms with E-state index in [1.54, 1.807) is 30.3 Å². The van der Waals surface area contributed by atoms with Gasteiger partial charge in [-0.3, -0.25) is 9.59 Å². The third-order valence-corrected chi connectivity index (χ3v) is 5.18. The number of hydrogen-bond donors (Lipinski definition) is 1. The number of rotatable bonds is 7. The van der Waals surface area contributed by atoms with Crippen molar-refractivity contribution in [3.05, 3.63) is 70.3 Å². The fourth-order valence-electron chi connectivity index (χ4n) is 3.47. The molecule has 1 amide bonds. The lowest BCUT2D eigenvalue weighted by molar-refractivity contribution is -0.140. The van der Waals surface area contributed by atoms with Crippen molar-refractivity contribution in [2.24, 2.45) is 0 Å². The van der Waals surface area contributed by atoms with Crippen molar-refractivity contribution in [1.82, 2.24) is 9.80 Å². The standard InChI is InChI=1S/C23H25ClN2O4/c1-4-30-18-7-5-6-16(14-18)20-19(21(27)15-8-10-17(24)11-9-15)22(28)23(29)26(20)13-12-25(2)3/h5-11,14,20,27H,4,12-13H2,1-3H3/b21-19-. The number of nitrogens with zero attached hydrogens (tertiary/aromatic N) is 2. The van der Waals surface area contributed by atoms with Crippen molar-refractivity contribution in [3.63, 3.8) is 0 Å². The number of aliphatic hydroxyl groups excluding tert-OH is 1. The zero-order chi connectivity index (χ0) is 21.8. The Balaban J connectivity index is 2.14. The molecular formula is C23H25ClN2O4. The zero-order valence-electron chi connectivity index (χ0n) is 17.3. The Morgan fingerprint density at radius 2 is 1.87 bits per heavy atom. The Hall–Kier alpha value is -2.83. The molecule has 6 nitrogen and oxygen atoms in total. The maximum atomic E-state index is 13.0. The molecule has 1 saturated heterocycles. The smallest absolute Gasteiger partial charge is 0.295 e. The van der Waals surface area contributed by atoms with Gasteiger partial charge in [0.1, 0.15) is 11.5 Å². The monoisotopic (exact) mass is 428 g/mol. The van der Waals surface area contributed by atoms with E-state index in [4.69, 9.17) is 16.3 Å². The summed E-state index contributed by atoms with van der Waals surface area (Å²) in [7, 11) is 3.80. The summed E-state index contributed by atoms with van der Waals surface area (Å²) in [6.07, 6.45) is 0. The molecule has 1 fully saturated rings. The summed E-state index contributed by atoms with van der Waals surface area (Å²) in [5, 5.41) is 11.5. The summed E-state index contributed by atoms with van der Waals surface area (Å²) in [4.78, 5) is 29.3. The zero-order valence-corrected chi connectivity index (χ0v) is 18.0. The minimum absolute atomic E-state index is 0.0646. The summed E-state index contributed by atoms with van der Waals surface area (Å²) in [5.41, 5.74) is 1.19. The predicted molar refractivity (Wildman–Crippen MR) is 117 cm³/mol. The lowest BCUT2D eigenvalue weighted by Gasteiger charge is -2.26. The lowest BCUT2D eigenvalue weighted by atomic mass is 9.95. The minimum atomic E-state index is -0.707. The Kier molecular flexibility index (Phi) is 6.80. The Morgan fingerprint density at radius 1 is 1.17 bits per heavy atom. The van der Waals surface area contributed by atoms with Crippen LogP contribution < -0.4 is 4.74 Å². The van der Waals surface area contributed by atoms with Crippen LogP contribution in [-0.4, -0.2) is 60.4 Å². The molecule has 0 saturated carbocycles. The number of Topliss-reactive ketones (excluding diaryl/α,β-unsaturated/α-hetero) is 1. The first-order valence-corrected chi connectivity index (χ1v) is 10.1. The van der Waals surface area contributed by atoms with E-state index in [1.807, 2.05) is 44.1 Å². The highest BCUT2D eigenvalue weighted by atomic mass is 35.5. The molecule has 3 rings (SSSR count). The Labute approximate surface area is 181 Å². The van der Waals surface area contributed by atoms with Gasteiger partial charge in [0.05, 0.1) is 18.2 Å². The second kappa shape index (κ2) is 9.32. The fraction of sp³-hybridized carbons (Fsp3) is 0.304. The Morgan fingerprint density at radius 3 is 2.50 bits per heavy atom. The SMILES string of the molecule is CCOc1cccc(C2/C(=C(/O)c3ccc(Cl)cc3)C(=O)C(=O)N2CCN(C)C)c1. The summed E-state index contributed by atoms with van der Waals surface area (Å²) >= 11 is 5.95. The van der Waals surface area contributed by atoms with Gasteiger partial charge in [-0.05, 0) is 63.0 Å². The van der Waals surface area contributed by atoms with Crippen LogP contribution in [0.15, 0.2) is 54.1 Å². The van der Waals surface area contributed by atoms with Crippen LogP contribution in [0.5, 0.6) is 5.75 Å². The van der Waals surface area contributed by atoms with E-state index in [0.29, 0.717) is 41.6 Å². The molecule has 0 aromatic heterocycles. The molecule has 1 N–H and O–H groups in total. The van der Waals surface area contributed by atoms with E-state index in [9.17, 15) is 14.7 Å². The number of benzene rings is 2. The van der Waals surface area contributed by atoms with Crippen LogP contribution in [0.2, 0.25) is 5.02 Å². The van der Waals surface area contributed by atoms with Crippen molar-refractivity contribution in [2.75, 3.05) is 33.8 Å². The molecule has 1 heterocycles. The van der Waals surface area contributed by atoms with Crippen LogP contribution in [0.3, 0.4) is 0 Å². The molecule has 30 heavy (non-hydrogen) atoms. The number of likely N-dealkylation sites (N-methyl/N-ethyl adjacent to an activating group) is 1. The summed E-state index contributed by atoms with van der Waals surface area (Å²) in [6, 6.07) is 13.1. The molecule has 2 aromatic rings. The molecule has 158 valence electrons. The molecule has 2 aromatic carbocycles. The molecule has 1 aliphatic heterocycles. The number of hydrogen-bond acceptors (Lipinski definition) is 5. The molecule has 7 heteroatoms. The van der Waals surface area contributed by atoms with Gasteiger partial charge in [-0.25, -0.2) is 0 Å². The van der Waals surface area contributed by atoms with Crippen LogP contribution in [0.1, 0.15) is 24.1 Å². The fourth-order valence-corrected chi connectivity index (χ4v) is 3.60. The number of amides is 1. The molecule has 1 atom stereocenters. The molecule has 1 aliphatic rings. The second-order valence-corrected chi connectivity index (χ2v) is 7.74. The van der Waals surface area contributed by atoms with Crippen molar-refractivity contribution in [2.45, 2.75) is 13.0 Å². The van der Waals surface area contributed by atoms with Crippen LogP contribution in [-0.2, 0) is 9.59 Å². The van der Waals surface area contributed by atoms with Crippen LogP contribution in [0, 0.1) is 0 Å².